The molecule has 1 saturated carbocycles. The molecular weight excluding hydrogens is 248 g/mol. The van der Waals surface area contributed by atoms with E-state index in [4.69, 9.17) is 0 Å². The zero-order chi connectivity index (χ0) is 14.4. The molecule has 1 aliphatic carbocycles. The number of nitrogens with one attached hydrogen (secondary N) is 2. The van der Waals surface area contributed by atoms with E-state index in [1.807, 2.05) is 0 Å². The molecule has 0 atom stereocenters. The van der Waals surface area contributed by atoms with Gasteiger partial charge in [0.05, 0.1) is 6.54 Å². The van der Waals surface area contributed by atoms with Gasteiger partial charge in [0, 0.05) is 11.7 Å². The van der Waals surface area contributed by atoms with E-state index in [1.165, 1.54) is 36.8 Å². The predicted molar refractivity (Wildman–Crippen MR) is 84.1 cm³/mol. The molecule has 0 unspecified atom stereocenters. The first-order valence-corrected chi connectivity index (χ1v) is 7.88. The van der Waals surface area contributed by atoms with Crippen LogP contribution in [0.1, 0.15) is 50.7 Å². The summed E-state index contributed by atoms with van der Waals surface area (Å²) in [6.07, 6.45) is 6.88. The maximum Gasteiger partial charge on any atom is 0.238 e. The fourth-order valence-corrected chi connectivity index (χ4v) is 2.95. The maximum absolute atomic E-state index is 12.1. The molecule has 1 fully saturated rings. The molecule has 0 spiro atoms. The fraction of sp³-hybridized carbons (Fsp3) is 0.588. The van der Waals surface area contributed by atoms with Crippen molar-refractivity contribution >= 4 is 11.6 Å². The summed E-state index contributed by atoms with van der Waals surface area (Å²) in [5.41, 5.74) is 3.47. The van der Waals surface area contributed by atoms with Gasteiger partial charge in [-0.1, -0.05) is 44.9 Å². The van der Waals surface area contributed by atoms with Crippen molar-refractivity contribution in [2.75, 3.05) is 11.9 Å². The lowest BCUT2D eigenvalue weighted by Gasteiger charge is -2.16. The quantitative estimate of drug-likeness (QED) is 0.836. The molecule has 20 heavy (non-hydrogen) atoms. The number of anilines is 1. The smallest absolute Gasteiger partial charge is 0.238 e. The van der Waals surface area contributed by atoms with Crippen LogP contribution >= 0.6 is 0 Å². The van der Waals surface area contributed by atoms with Gasteiger partial charge in [-0.05, 0) is 36.8 Å². The van der Waals surface area contributed by atoms with Gasteiger partial charge in [0.15, 0.2) is 0 Å². The standard InChI is InChI=1S/C17H26N2O/c1-3-13-8-7-9-14(4-2)17(13)19-16(20)12-18-15-10-5-6-11-15/h7-9,15,18H,3-6,10-12H2,1-2H3,(H,19,20). The number of para-hydroxylation sites is 1. The van der Waals surface area contributed by atoms with Crippen molar-refractivity contribution < 1.29 is 4.79 Å². The van der Waals surface area contributed by atoms with Crippen molar-refractivity contribution in [1.29, 1.82) is 0 Å². The summed E-state index contributed by atoms with van der Waals surface area (Å²) < 4.78 is 0. The summed E-state index contributed by atoms with van der Waals surface area (Å²) in [7, 11) is 0. The highest BCUT2D eigenvalue weighted by Gasteiger charge is 2.16. The third-order valence-electron chi connectivity index (χ3n) is 4.17. The predicted octanol–water partition coefficient (Wildman–Crippen LogP) is 3.28. The number of carbonyl (C=O) groups is 1. The lowest BCUT2D eigenvalue weighted by atomic mass is 10.0. The summed E-state index contributed by atoms with van der Waals surface area (Å²) in [6, 6.07) is 6.80. The van der Waals surface area contributed by atoms with Crippen molar-refractivity contribution in [3.8, 4) is 0 Å². The number of benzene rings is 1. The monoisotopic (exact) mass is 274 g/mol. The Bertz CT molecular complexity index is 428. The Labute approximate surface area is 122 Å². The van der Waals surface area contributed by atoms with Gasteiger partial charge >= 0.3 is 0 Å². The molecule has 0 aliphatic heterocycles. The zero-order valence-electron chi connectivity index (χ0n) is 12.7. The van der Waals surface area contributed by atoms with E-state index in [-0.39, 0.29) is 5.91 Å². The highest BCUT2D eigenvalue weighted by atomic mass is 16.1. The molecule has 3 heteroatoms. The van der Waals surface area contributed by atoms with Crippen LogP contribution in [0.4, 0.5) is 5.69 Å². The Morgan fingerprint density at radius 1 is 1.15 bits per heavy atom. The van der Waals surface area contributed by atoms with Gasteiger partial charge in [0.25, 0.3) is 0 Å². The van der Waals surface area contributed by atoms with Crippen LogP contribution in [-0.4, -0.2) is 18.5 Å². The van der Waals surface area contributed by atoms with E-state index >= 15 is 0 Å². The third-order valence-corrected chi connectivity index (χ3v) is 4.17. The summed E-state index contributed by atoms with van der Waals surface area (Å²) in [5, 5.41) is 6.47. The first-order chi connectivity index (χ1) is 9.74. The van der Waals surface area contributed by atoms with E-state index < -0.39 is 0 Å². The normalized spacial score (nSPS) is 15.5. The molecule has 110 valence electrons. The molecular formula is C17H26N2O. The maximum atomic E-state index is 12.1. The molecule has 1 amide bonds. The molecule has 1 aromatic rings. The van der Waals surface area contributed by atoms with Gasteiger partial charge in [-0.2, -0.15) is 0 Å². The van der Waals surface area contributed by atoms with Gasteiger partial charge in [-0.25, -0.2) is 0 Å². The summed E-state index contributed by atoms with van der Waals surface area (Å²) in [6.45, 7) is 4.67. The van der Waals surface area contributed by atoms with E-state index in [0.29, 0.717) is 12.6 Å². The van der Waals surface area contributed by atoms with Gasteiger partial charge in [-0.3, -0.25) is 4.79 Å². The van der Waals surface area contributed by atoms with Crippen LogP contribution < -0.4 is 10.6 Å². The second-order valence-electron chi connectivity index (χ2n) is 5.57. The minimum atomic E-state index is 0.0764. The second kappa shape index (κ2) is 7.44. The molecule has 0 saturated heterocycles. The number of aryl methyl sites for hydroxylation is 2. The van der Waals surface area contributed by atoms with Gasteiger partial charge in [0.1, 0.15) is 0 Å². The topological polar surface area (TPSA) is 41.1 Å². The Morgan fingerprint density at radius 2 is 1.75 bits per heavy atom. The Kier molecular flexibility index (Phi) is 5.60. The molecule has 0 heterocycles. The highest BCUT2D eigenvalue weighted by Crippen LogP contribution is 2.22. The molecule has 0 bridgehead atoms. The molecule has 3 nitrogen and oxygen atoms in total. The van der Waals surface area contributed by atoms with Crippen LogP contribution in [0, 0.1) is 0 Å². The average Bonchev–Trinajstić information content (AvgIpc) is 2.98. The SMILES string of the molecule is CCc1cccc(CC)c1NC(=O)CNC1CCCC1. The van der Waals surface area contributed by atoms with E-state index in [2.05, 4.69) is 42.7 Å². The van der Waals surface area contributed by atoms with Gasteiger partial charge < -0.3 is 10.6 Å². The third kappa shape index (κ3) is 3.83. The molecule has 0 aromatic heterocycles. The molecule has 1 aliphatic rings. The number of hydrogen-bond donors (Lipinski definition) is 2. The number of hydrogen-bond acceptors (Lipinski definition) is 2. The van der Waals surface area contributed by atoms with Crippen molar-refractivity contribution in [2.45, 2.75) is 58.4 Å². The van der Waals surface area contributed by atoms with Crippen LogP contribution in [0.5, 0.6) is 0 Å². The Morgan fingerprint density at radius 3 is 2.30 bits per heavy atom. The van der Waals surface area contributed by atoms with Crippen LogP contribution in [0.3, 0.4) is 0 Å². The largest absolute Gasteiger partial charge is 0.324 e. The lowest BCUT2D eigenvalue weighted by molar-refractivity contribution is -0.115. The highest BCUT2D eigenvalue weighted by molar-refractivity contribution is 5.93. The zero-order valence-corrected chi connectivity index (χ0v) is 12.7. The number of rotatable bonds is 6. The van der Waals surface area contributed by atoms with Crippen LogP contribution in [-0.2, 0) is 17.6 Å². The van der Waals surface area contributed by atoms with Crippen LogP contribution in [0.2, 0.25) is 0 Å². The summed E-state index contributed by atoms with van der Waals surface area (Å²) >= 11 is 0. The minimum Gasteiger partial charge on any atom is -0.324 e. The van der Waals surface area contributed by atoms with E-state index in [9.17, 15) is 4.79 Å². The van der Waals surface area contributed by atoms with Crippen molar-refractivity contribution in [3.05, 3.63) is 29.3 Å². The number of amides is 1. The number of carbonyl (C=O) groups excluding carboxylic acids is 1. The van der Waals surface area contributed by atoms with Crippen molar-refractivity contribution in [1.82, 2.24) is 5.32 Å². The Hall–Kier alpha value is -1.35. The molecule has 2 N–H and O–H groups in total. The van der Waals surface area contributed by atoms with E-state index in [0.717, 1.165) is 18.5 Å². The van der Waals surface area contributed by atoms with Crippen molar-refractivity contribution in [3.63, 3.8) is 0 Å². The lowest BCUT2D eigenvalue weighted by Crippen LogP contribution is -2.34. The minimum absolute atomic E-state index is 0.0764. The molecule has 2 rings (SSSR count). The van der Waals surface area contributed by atoms with Crippen molar-refractivity contribution in [2.24, 2.45) is 0 Å². The summed E-state index contributed by atoms with van der Waals surface area (Å²) in [5.74, 6) is 0.0764. The first-order valence-electron chi connectivity index (χ1n) is 7.88. The summed E-state index contributed by atoms with van der Waals surface area (Å²) in [4.78, 5) is 12.1. The van der Waals surface area contributed by atoms with E-state index in [1.54, 1.807) is 0 Å². The molecule has 0 radical (unpaired) electrons. The molecule has 1 aromatic carbocycles. The first kappa shape index (κ1) is 15.0. The van der Waals surface area contributed by atoms with Crippen LogP contribution in [0.25, 0.3) is 0 Å². The second-order valence-corrected chi connectivity index (χ2v) is 5.57. The fourth-order valence-electron chi connectivity index (χ4n) is 2.95. The Balaban J connectivity index is 1.95. The average molecular weight is 274 g/mol. The van der Waals surface area contributed by atoms with Gasteiger partial charge in [-0.15, -0.1) is 0 Å². The van der Waals surface area contributed by atoms with Crippen LogP contribution in [0.15, 0.2) is 18.2 Å². The van der Waals surface area contributed by atoms with Gasteiger partial charge in [0.2, 0.25) is 5.91 Å².